The van der Waals surface area contributed by atoms with Crippen LogP contribution in [-0.2, 0) is 24.3 Å². The maximum atomic E-state index is 13.0. The van der Waals surface area contributed by atoms with Crippen molar-refractivity contribution in [1.29, 1.82) is 0 Å². The van der Waals surface area contributed by atoms with Gasteiger partial charge in [-0.3, -0.25) is 4.79 Å². The molecule has 0 aliphatic carbocycles. The predicted molar refractivity (Wildman–Crippen MR) is 111 cm³/mol. The van der Waals surface area contributed by atoms with Crippen molar-refractivity contribution in [2.45, 2.75) is 57.0 Å². The van der Waals surface area contributed by atoms with Gasteiger partial charge in [-0.15, -0.1) is 0 Å². The third kappa shape index (κ3) is 4.84. The van der Waals surface area contributed by atoms with Crippen LogP contribution >= 0.6 is 0 Å². The molecule has 2 atom stereocenters. The van der Waals surface area contributed by atoms with E-state index in [4.69, 9.17) is 9.47 Å². The average Bonchev–Trinajstić information content (AvgIpc) is 2.72. The molecule has 1 aromatic carbocycles. The number of nitrogens with zero attached hydrogens (tertiary/aromatic N) is 2. The number of rotatable bonds is 5. The SMILES string of the molecule is Cc1ccc(C(=O)OCC(=O)N2[C@@H](C)CCC[C@@H]2C)cc1S(=O)(=O)N1CCOCC1. The van der Waals surface area contributed by atoms with Gasteiger partial charge < -0.3 is 14.4 Å². The van der Waals surface area contributed by atoms with Crippen molar-refractivity contribution < 1.29 is 27.5 Å². The second-order valence-electron chi connectivity index (χ2n) is 8.00. The molecule has 0 aromatic heterocycles. The molecule has 0 N–H and O–H groups in total. The van der Waals surface area contributed by atoms with E-state index in [1.165, 1.54) is 16.4 Å². The summed E-state index contributed by atoms with van der Waals surface area (Å²) < 4.78 is 37.8. The van der Waals surface area contributed by atoms with E-state index in [0.717, 1.165) is 19.3 Å². The fraction of sp³-hybridized carbons (Fsp3) is 0.619. The molecule has 0 radical (unpaired) electrons. The first-order valence-electron chi connectivity index (χ1n) is 10.4. The van der Waals surface area contributed by atoms with E-state index in [1.807, 2.05) is 13.8 Å². The number of morpholine rings is 1. The third-order valence-electron chi connectivity index (χ3n) is 5.82. The van der Waals surface area contributed by atoms with E-state index < -0.39 is 16.0 Å². The second kappa shape index (κ2) is 9.45. The van der Waals surface area contributed by atoms with E-state index in [9.17, 15) is 18.0 Å². The molecule has 1 amide bonds. The fourth-order valence-corrected chi connectivity index (χ4v) is 5.79. The molecule has 2 heterocycles. The minimum Gasteiger partial charge on any atom is -0.452 e. The molecule has 3 rings (SSSR count). The molecule has 1 aromatic rings. The predicted octanol–water partition coefficient (Wildman–Crippen LogP) is 1.96. The quantitative estimate of drug-likeness (QED) is 0.653. The number of amides is 1. The van der Waals surface area contributed by atoms with E-state index >= 15 is 0 Å². The zero-order valence-corrected chi connectivity index (χ0v) is 18.6. The Hall–Kier alpha value is -1.97. The second-order valence-corrected chi connectivity index (χ2v) is 9.91. The van der Waals surface area contributed by atoms with Crippen molar-refractivity contribution >= 4 is 21.9 Å². The van der Waals surface area contributed by atoms with Gasteiger partial charge in [-0.2, -0.15) is 4.31 Å². The van der Waals surface area contributed by atoms with Crippen LogP contribution in [0.5, 0.6) is 0 Å². The van der Waals surface area contributed by atoms with Gasteiger partial charge in [0.15, 0.2) is 6.61 Å². The molecular weight excluding hydrogens is 408 g/mol. The highest BCUT2D eigenvalue weighted by Crippen LogP contribution is 2.24. The smallest absolute Gasteiger partial charge is 0.338 e. The van der Waals surface area contributed by atoms with Crippen molar-refractivity contribution in [3.05, 3.63) is 29.3 Å². The lowest BCUT2D eigenvalue weighted by Gasteiger charge is -2.38. The zero-order chi connectivity index (χ0) is 21.9. The van der Waals surface area contributed by atoms with Gasteiger partial charge in [0, 0.05) is 25.2 Å². The number of likely N-dealkylation sites (tertiary alicyclic amines) is 1. The molecule has 9 heteroatoms. The highest BCUT2D eigenvalue weighted by Gasteiger charge is 2.31. The van der Waals surface area contributed by atoms with Crippen LogP contribution in [0.1, 0.15) is 49.0 Å². The minimum absolute atomic E-state index is 0.0726. The fourth-order valence-electron chi connectivity index (χ4n) is 4.13. The summed E-state index contributed by atoms with van der Waals surface area (Å²) in [6, 6.07) is 4.67. The largest absolute Gasteiger partial charge is 0.452 e. The summed E-state index contributed by atoms with van der Waals surface area (Å²) in [6.45, 7) is 6.56. The molecule has 8 nitrogen and oxygen atoms in total. The topological polar surface area (TPSA) is 93.2 Å². The average molecular weight is 439 g/mol. The summed E-state index contributed by atoms with van der Waals surface area (Å²) in [7, 11) is -3.74. The lowest BCUT2D eigenvalue weighted by Crippen LogP contribution is -2.49. The number of carbonyl (C=O) groups excluding carboxylic acids is 2. The summed E-state index contributed by atoms with van der Waals surface area (Å²) >= 11 is 0. The lowest BCUT2D eigenvalue weighted by molar-refractivity contribution is -0.140. The number of benzene rings is 1. The summed E-state index contributed by atoms with van der Waals surface area (Å²) in [5.41, 5.74) is 0.657. The number of esters is 1. The van der Waals surface area contributed by atoms with Crippen molar-refractivity contribution in [1.82, 2.24) is 9.21 Å². The van der Waals surface area contributed by atoms with Crippen LogP contribution in [0.15, 0.2) is 23.1 Å². The van der Waals surface area contributed by atoms with Gasteiger partial charge in [-0.1, -0.05) is 6.07 Å². The molecule has 0 saturated carbocycles. The summed E-state index contributed by atoms with van der Waals surface area (Å²) in [4.78, 5) is 27.0. The highest BCUT2D eigenvalue weighted by molar-refractivity contribution is 7.89. The number of aryl methyl sites for hydroxylation is 1. The molecule has 30 heavy (non-hydrogen) atoms. The molecule has 0 unspecified atom stereocenters. The monoisotopic (exact) mass is 438 g/mol. The Morgan fingerprint density at radius 3 is 2.40 bits per heavy atom. The van der Waals surface area contributed by atoms with E-state index in [-0.39, 0.29) is 48.1 Å². The molecule has 166 valence electrons. The summed E-state index contributed by atoms with van der Waals surface area (Å²) in [5, 5.41) is 0. The van der Waals surface area contributed by atoms with Crippen LogP contribution < -0.4 is 0 Å². The van der Waals surface area contributed by atoms with E-state index in [1.54, 1.807) is 17.9 Å². The first-order valence-corrected chi connectivity index (χ1v) is 11.8. The van der Waals surface area contributed by atoms with Crippen molar-refractivity contribution in [2.75, 3.05) is 32.9 Å². The normalized spacial score (nSPS) is 23.2. The van der Waals surface area contributed by atoms with Crippen LogP contribution in [0.25, 0.3) is 0 Å². The molecule has 2 fully saturated rings. The zero-order valence-electron chi connectivity index (χ0n) is 17.8. The van der Waals surface area contributed by atoms with Crippen LogP contribution in [-0.4, -0.2) is 74.5 Å². The van der Waals surface area contributed by atoms with Gasteiger partial charge in [0.1, 0.15) is 0 Å². The number of piperidine rings is 1. The Morgan fingerprint density at radius 2 is 1.77 bits per heavy atom. The molecule has 0 bridgehead atoms. The Morgan fingerprint density at radius 1 is 1.13 bits per heavy atom. The first-order chi connectivity index (χ1) is 14.2. The molecule has 2 aliphatic heterocycles. The molecule has 2 saturated heterocycles. The lowest BCUT2D eigenvalue weighted by atomic mass is 9.97. The van der Waals surface area contributed by atoms with Crippen molar-refractivity contribution in [2.24, 2.45) is 0 Å². The van der Waals surface area contributed by atoms with Crippen LogP contribution in [0, 0.1) is 6.92 Å². The standard InChI is InChI=1S/C21H30N2O6S/c1-15-7-8-18(13-19(15)30(26,27)22-9-11-28-12-10-22)21(25)29-14-20(24)23-16(2)5-4-6-17(23)3/h7-8,13,16-17H,4-6,9-12,14H2,1-3H3/t16-,17-/m0/s1. The van der Waals surface area contributed by atoms with Gasteiger partial charge in [0.05, 0.1) is 23.7 Å². The highest BCUT2D eigenvalue weighted by atomic mass is 32.2. The summed E-state index contributed by atoms with van der Waals surface area (Å²) in [6.07, 6.45) is 2.95. The maximum absolute atomic E-state index is 13.0. The van der Waals surface area contributed by atoms with Crippen LogP contribution in [0.4, 0.5) is 0 Å². The van der Waals surface area contributed by atoms with Gasteiger partial charge in [-0.05, 0) is 57.7 Å². The molecular formula is C21H30N2O6S. The number of hydrogen-bond acceptors (Lipinski definition) is 6. The summed E-state index contributed by atoms with van der Waals surface area (Å²) in [5.74, 6) is -0.935. The number of ether oxygens (including phenoxy) is 2. The molecule has 0 spiro atoms. The maximum Gasteiger partial charge on any atom is 0.338 e. The third-order valence-corrected chi connectivity index (χ3v) is 7.86. The number of hydrogen-bond donors (Lipinski definition) is 0. The van der Waals surface area contributed by atoms with Crippen LogP contribution in [0.2, 0.25) is 0 Å². The van der Waals surface area contributed by atoms with Gasteiger partial charge in [0.25, 0.3) is 5.91 Å². The Bertz CT molecular complexity index is 885. The van der Waals surface area contributed by atoms with Gasteiger partial charge in [0.2, 0.25) is 10.0 Å². The minimum atomic E-state index is -3.74. The van der Waals surface area contributed by atoms with E-state index in [2.05, 4.69) is 0 Å². The number of sulfonamides is 1. The van der Waals surface area contributed by atoms with Gasteiger partial charge in [-0.25, -0.2) is 13.2 Å². The molecule has 2 aliphatic rings. The number of carbonyl (C=O) groups is 2. The Labute approximate surface area is 178 Å². The van der Waals surface area contributed by atoms with Crippen molar-refractivity contribution in [3.63, 3.8) is 0 Å². The van der Waals surface area contributed by atoms with Crippen molar-refractivity contribution in [3.8, 4) is 0 Å². The Kier molecular flexibility index (Phi) is 7.15. The first kappa shape index (κ1) is 22.7. The Balaban J connectivity index is 1.71. The van der Waals surface area contributed by atoms with Crippen LogP contribution in [0.3, 0.4) is 0 Å². The van der Waals surface area contributed by atoms with E-state index in [0.29, 0.717) is 18.8 Å². The van der Waals surface area contributed by atoms with Gasteiger partial charge >= 0.3 is 5.97 Å².